The van der Waals surface area contributed by atoms with E-state index in [0.717, 1.165) is 0 Å². The van der Waals surface area contributed by atoms with Gasteiger partial charge in [0.05, 0.1) is 16.8 Å². The van der Waals surface area contributed by atoms with Crippen LogP contribution in [0, 0.1) is 0 Å². The molecule has 0 radical (unpaired) electrons. The predicted molar refractivity (Wildman–Crippen MR) is 85.4 cm³/mol. The maximum Gasteiger partial charge on any atom is 0.255 e. The Morgan fingerprint density at radius 2 is 1.81 bits per heavy atom. The van der Waals surface area contributed by atoms with Gasteiger partial charge in [-0.2, -0.15) is 4.31 Å². The highest BCUT2D eigenvalue weighted by atomic mass is 35.5. The third kappa shape index (κ3) is 4.23. The van der Waals surface area contributed by atoms with Gasteiger partial charge in [0.15, 0.2) is 0 Å². The molecule has 1 aliphatic rings. The number of benzene rings is 1. The van der Waals surface area contributed by atoms with Crippen molar-refractivity contribution in [2.75, 3.05) is 38.2 Å². The van der Waals surface area contributed by atoms with E-state index in [0.29, 0.717) is 42.5 Å². The molecule has 118 valence electrons. The maximum atomic E-state index is 12.3. The Balaban J connectivity index is 0.00000220. The van der Waals surface area contributed by atoms with Crippen LogP contribution in [0.1, 0.15) is 10.4 Å². The van der Waals surface area contributed by atoms with Crippen molar-refractivity contribution in [3.63, 3.8) is 0 Å². The summed E-state index contributed by atoms with van der Waals surface area (Å²) in [7, 11) is -3.20. The van der Waals surface area contributed by atoms with Crippen LogP contribution >= 0.6 is 24.0 Å². The number of anilines is 1. The molecule has 1 heterocycles. The largest absolute Gasteiger partial charge is 0.399 e. The van der Waals surface area contributed by atoms with E-state index in [1.54, 1.807) is 17.0 Å². The second-order valence-electron chi connectivity index (χ2n) is 4.69. The molecule has 0 unspecified atom stereocenters. The minimum Gasteiger partial charge on any atom is -0.399 e. The zero-order valence-corrected chi connectivity index (χ0v) is 13.8. The number of rotatable bonds is 2. The number of nitrogens with zero attached hydrogens (tertiary/aromatic N) is 2. The van der Waals surface area contributed by atoms with Crippen molar-refractivity contribution in [3.8, 4) is 0 Å². The second-order valence-corrected chi connectivity index (χ2v) is 7.08. The van der Waals surface area contributed by atoms with E-state index in [4.69, 9.17) is 17.3 Å². The van der Waals surface area contributed by atoms with Crippen molar-refractivity contribution >= 4 is 45.6 Å². The number of piperazine rings is 1. The van der Waals surface area contributed by atoms with Gasteiger partial charge in [-0.3, -0.25) is 4.79 Å². The molecule has 9 heteroatoms. The summed E-state index contributed by atoms with van der Waals surface area (Å²) in [5.74, 6) is -0.205. The molecule has 1 amide bonds. The quantitative estimate of drug-likeness (QED) is 0.805. The van der Waals surface area contributed by atoms with Crippen LogP contribution in [0.2, 0.25) is 5.02 Å². The van der Waals surface area contributed by atoms with E-state index in [2.05, 4.69) is 0 Å². The average molecular weight is 354 g/mol. The minimum atomic E-state index is -3.20. The fourth-order valence-corrected chi connectivity index (χ4v) is 3.19. The third-order valence-electron chi connectivity index (χ3n) is 3.22. The number of carbonyl (C=O) groups excluding carboxylic acids is 1. The number of amides is 1. The van der Waals surface area contributed by atoms with E-state index in [1.165, 1.54) is 16.6 Å². The summed E-state index contributed by atoms with van der Waals surface area (Å²) in [6, 6.07) is 4.73. The molecule has 1 aromatic carbocycles. The normalized spacial score (nSPS) is 16.4. The third-order valence-corrected chi connectivity index (χ3v) is 4.83. The van der Waals surface area contributed by atoms with Crippen LogP contribution in [0.25, 0.3) is 0 Å². The Bertz CT molecular complexity index is 629. The van der Waals surface area contributed by atoms with E-state index in [9.17, 15) is 13.2 Å². The van der Waals surface area contributed by atoms with E-state index >= 15 is 0 Å². The summed E-state index contributed by atoms with van der Waals surface area (Å²) >= 11 is 6.01. The van der Waals surface area contributed by atoms with E-state index in [1.807, 2.05) is 0 Å². The van der Waals surface area contributed by atoms with Crippen LogP contribution in [0.5, 0.6) is 0 Å². The lowest BCUT2D eigenvalue weighted by molar-refractivity contribution is 0.0698. The smallest absolute Gasteiger partial charge is 0.255 e. The number of nitrogens with two attached hydrogens (primary N) is 1. The van der Waals surface area contributed by atoms with Crippen molar-refractivity contribution in [2.45, 2.75) is 0 Å². The summed E-state index contributed by atoms with van der Waals surface area (Å²) < 4.78 is 24.2. The molecule has 1 saturated heterocycles. The fourth-order valence-electron chi connectivity index (χ4n) is 2.10. The molecular formula is C12H17Cl2N3O3S. The zero-order valence-electron chi connectivity index (χ0n) is 11.5. The van der Waals surface area contributed by atoms with Gasteiger partial charge in [0.25, 0.3) is 5.91 Å². The number of sulfonamides is 1. The summed E-state index contributed by atoms with van der Waals surface area (Å²) in [5, 5.41) is 0.306. The molecule has 1 aliphatic heterocycles. The highest BCUT2D eigenvalue weighted by Gasteiger charge is 2.27. The van der Waals surface area contributed by atoms with Crippen LogP contribution in [0.3, 0.4) is 0 Å². The van der Waals surface area contributed by atoms with Crippen LogP contribution in [0.15, 0.2) is 18.2 Å². The standard InChI is InChI=1S/C12H16ClN3O3S.ClH/c1-20(18,19)16-6-4-15(5-7-16)12(17)10-3-2-9(14)8-11(10)13;/h2-3,8H,4-7,14H2,1H3;1H. The highest BCUT2D eigenvalue weighted by molar-refractivity contribution is 7.88. The molecule has 0 bridgehead atoms. The van der Waals surface area contributed by atoms with Gasteiger partial charge in [0.1, 0.15) is 0 Å². The van der Waals surface area contributed by atoms with E-state index in [-0.39, 0.29) is 18.3 Å². The Morgan fingerprint density at radius 1 is 1.24 bits per heavy atom. The molecule has 0 aliphatic carbocycles. The first-order chi connectivity index (χ1) is 9.29. The zero-order chi connectivity index (χ0) is 14.9. The molecule has 6 nitrogen and oxygen atoms in total. The van der Waals surface area contributed by atoms with Gasteiger partial charge in [-0.15, -0.1) is 12.4 Å². The molecule has 0 saturated carbocycles. The monoisotopic (exact) mass is 353 g/mol. The lowest BCUT2D eigenvalue weighted by atomic mass is 10.1. The first-order valence-electron chi connectivity index (χ1n) is 6.08. The Labute approximate surface area is 135 Å². The number of hydrogen-bond donors (Lipinski definition) is 1. The van der Waals surface area contributed by atoms with Crippen LogP contribution in [-0.4, -0.2) is 56.0 Å². The lowest BCUT2D eigenvalue weighted by Gasteiger charge is -2.33. The lowest BCUT2D eigenvalue weighted by Crippen LogP contribution is -2.50. The Hall–Kier alpha value is -1.02. The first kappa shape index (κ1) is 18.0. The average Bonchev–Trinajstić information content (AvgIpc) is 2.37. The summed E-state index contributed by atoms with van der Waals surface area (Å²) in [4.78, 5) is 13.9. The van der Waals surface area contributed by atoms with Gasteiger partial charge in [-0.25, -0.2) is 8.42 Å². The van der Waals surface area contributed by atoms with Gasteiger partial charge in [-0.1, -0.05) is 11.6 Å². The van der Waals surface area contributed by atoms with Gasteiger partial charge < -0.3 is 10.6 Å². The van der Waals surface area contributed by atoms with Crippen LogP contribution in [-0.2, 0) is 10.0 Å². The molecule has 0 spiro atoms. The Morgan fingerprint density at radius 3 is 2.29 bits per heavy atom. The van der Waals surface area contributed by atoms with Gasteiger partial charge >= 0.3 is 0 Å². The summed E-state index contributed by atoms with van der Waals surface area (Å²) in [6.07, 6.45) is 1.17. The fraction of sp³-hybridized carbons (Fsp3) is 0.417. The van der Waals surface area contributed by atoms with Crippen LogP contribution < -0.4 is 5.73 Å². The Kier molecular flexibility index (Phi) is 5.86. The van der Waals surface area contributed by atoms with Crippen LogP contribution in [0.4, 0.5) is 5.69 Å². The molecule has 21 heavy (non-hydrogen) atoms. The van der Waals surface area contributed by atoms with Crippen molar-refractivity contribution in [2.24, 2.45) is 0 Å². The summed E-state index contributed by atoms with van der Waals surface area (Å²) in [6.45, 7) is 1.31. The van der Waals surface area contributed by atoms with Gasteiger partial charge in [0.2, 0.25) is 10.0 Å². The molecule has 2 N–H and O–H groups in total. The first-order valence-corrected chi connectivity index (χ1v) is 8.31. The topological polar surface area (TPSA) is 83.7 Å². The minimum absolute atomic E-state index is 0. The molecule has 0 aromatic heterocycles. The SMILES string of the molecule is CS(=O)(=O)N1CCN(C(=O)c2ccc(N)cc2Cl)CC1.Cl. The van der Waals surface area contributed by atoms with Crippen molar-refractivity contribution < 1.29 is 13.2 Å². The molecular weight excluding hydrogens is 337 g/mol. The number of carbonyl (C=O) groups is 1. The number of nitrogen functional groups attached to an aromatic ring is 1. The molecule has 2 rings (SSSR count). The van der Waals surface area contributed by atoms with E-state index < -0.39 is 10.0 Å². The van der Waals surface area contributed by atoms with Crippen molar-refractivity contribution in [1.29, 1.82) is 0 Å². The maximum absolute atomic E-state index is 12.3. The second kappa shape index (κ2) is 6.83. The highest BCUT2D eigenvalue weighted by Crippen LogP contribution is 2.21. The molecule has 0 atom stereocenters. The van der Waals surface area contributed by atoms with Gasteiger partial charge in [0, 0.05) is 31.9 Å². The molecule has 1 aromatic rings. The number of halogens is 2. The summed E-state index contributed by atoms with van der Waals surface area (Å²) in [5.41, 5.74) is 6.47. The molecule has 1 fully saturated rings. The van der Waals surface area contributed by atoms with Crippen molar-refractivity contribution in [3.05, 3.63) is 28.8 Å². The predicted octanol–water partition coefficient (Wildman–Crippen LogP) is 1.06. The number of hydrogen-bond acceptors (Lipinski definition) is 4. The van der Waals surface area contributed by atoms with Crippen molar-refractivity contribution in [1.82, 2.24) is 9.21 Å². The van der Waals surface area contributed by atoms with Gasteiger partial charge in [-0.05, 0) is 18.2 Å².